The molecule has 1 fully saturated rings. The first-order valence-electron chi connectivity index (χ1n) is 7.33. The normalized spacial score (nSPS) is 15.3. The number of hydrogen-bond donors (Lipinski definition) is 1. The maximum absolute atomic E-state index is 12.8. The van der Waals surface area contributed by atoms with Gasteiger partial charge in [-0.25, -0.2) is 0 Å². The summed E-state index contributed by atoms with van der Waals surface area (Å²) in [5.41, 5.74) is 7.40. The minimum absolute atomic E-state index is 0.0444. The molecule has 0 radical (unpaired) electrons. The number of rotatable bonds is 5. The van der Waals surface area contributed by atoms with Crippen LogP contribution in [-0.2, 0) is 0 Å². The van der Waals surface area contributed by atoms with Crippen molar-refractivity contribution in [3.63, 3.8) is 0 Å². The third kappa shape index (κ3) is 3.12. The maximum Gasteiger partial charge on any atom is 0.257 e. The SMILES string of the molecule is COc1ccc(C)cc1C(=O)N(CCN)C1CCCC1. The first-order chi connectivity index (χ1) is 9.67. The summed E-state index contributed by atoms with van der Waals surface area (Å²) in [7, 11) is 1.60. The Morgan fingerprint density at radius 1 is 1.40 bits per heavy atom. The van der Waals surface area contributed by atoms with Crippen LogP contribution in [0.4, 0.5) is 0 Å². The lowest BCUT2D eigenvalue weighted by atomic mass is 10.1. The van der Waals surface area contributed by atoms with Gasteiger partial charge in [0.05, 0.1) is 12.7 Å². The highest BCUT2D eigenvalue weighted by Gasteiger charge is 2.28. The molecule has 1 amide bonds. The van der Waals surface area contributed by atoms with Crippen molar-refractivity contribution in [3.8, 4) is 5.75 Å². The molecular weight excluding hydrogens is 252 g/mol. The minimum atomic E-state index is 0.0444. The second-order valence-electron chi connectivity index (χ2n) is 5.43. The molecule has 0 spiro atoms. The highest BCUT2D eigenvalue weighted by molar-refractivity contribution is 5.97. The number of carbonyl (C=O) groups is 1. The summed E-state index contributed by atoms with van der Waals surface area (Å²) in [4.78, 5) is 14.8. The summed E-state index contributed by atoms with van der Waals surface area (Å²) in [6, 6.07) is 6.05. The summed E-state index contributed by atoms with van der Waals surface area (Å²) in [5.74, 6) is 0.684. The molecular formula is C16H24N2O2. The number of ether oxygens (including phenoxy) is 1. The molecule has 0 aliphatic heterocycles. The van der Waals surface area contributed by atoms with E-state index in [0.29, 0.717) is 30.4 Å². The Labute approximate surface area is 120 Å². The molecule has 20 heavy (non-hydrogen) atoms. The highest BCUT2D eigenvalue weighted by Crippen LogP contribution is 2.27. The largest absolute Gasteiger partial charge is 0.496 e. The number of aryl methyl sites for hydroxylation is 1. The molecule has 4 nitrogen and oxygen atoms in total. The molecule has 1 aliphatic carbocycles. The van der Waals surface area contributed by atoms with E-state index in [4.69, 9.17) is 10.5 Å². The van der Waals surface area contributed by atoms with E-state index < -0.39 is 0 Å². The number of amides is 1. The van der Waals surface area contributed by atoms with Crippen molar-refractivity contribution in [1.29, 1.82) is 0 Å². The molecule has 2 rings (SSSR count). The van der Waals surface area contributed by atoms with E-state index in [0.717, 1.165) is 18.4 Å². The topological polar surface area (TPSA) is 55.6 Å². The summed E-state index contributed by atoms with van der Waals surface area (Å²) in [6.45, 7) is 3.09. The van der Waals surface area contributed by atoms with Gasteiger partial charge in [-0.3, -0.25) is 4.79 Å². The zero-order chi connectivity index (χ0) is 14.5. The number of hydrogen-bond acceptors (Lipinski definition) is 3. The van der Waals surface area contributed by atoms with E-state index >= 15 is 0 Å². The van der Waals surface area contributed by atoms with E-state index in [1.54, 1.807) is 7.11 Å². The van der Waals surface area contributed by atoms with Crippen LogP contribution in [-0.4, -0.2) is 37.0 Å². The van der Waals surface area contributed by atoms with Gasteiger partial charge in [-0.2, -0.15) is 0 Å². The van der Waals surface area contributed by atoms with Gasteiger partial charge in [0, 0.05) is 19.1 Å². The third-order valence-corrected chi connectivity index (χ3v) is 3.98. The molecule has 4 heteroatoms. The maximum atomic E-state index is 12.8. The van der Waals surface area contributed by atoms with Gasteiger partial charge in [0.15, 0.2) is 0 Å². The van der Waals surface area contributed by atoms with Gasteiger partial charge in [-0.05, 0) is 31.9 Å². The van der Waals surface area contributed by atoms with Crippen LogP contribution < -0.4 is 10.5 Å². The summed E-state index contributed by atoms with van der Waals surface area (Å²) < 4.78 is 5.33. The number of methoxy groups -OCH3 is 1. The summed E-state index contributed by atoms with van der Waals surface area (Å²) >= 11 is 0. The van der Waals surface area contributed by atoms with E-state index in [-0.39, 0.29) is 5.91 Å². The van der Waals surface area contributed by atoms with Crippen molar-refractivity contribution in [3.05, 3.63) is 29.3 Å². The van der Waals surface area contributed by atoms with Crippen LogP contribution in [0.5, 0.6) is 5.75 Å². The minimum Gasteiger partial charge on any atom is -0.496 e. The molecule has 0 atom stereocenters. The van der Waals surface area contributed by atoms with Gasteiger partial charge in [-0.1, -0.05) is 24.5 Å². The predicted octanol–water partition coefficient (Wildman–Crippen LogP) is 2.35. The monoisotopic (exact) mass is 276 g/mol. The molecule has 1 aromatic carbocycles. The third-order valence-electron chi connectivity index (χ3n) is 3.98. The fraction of sp³-hybridized carbons (Fsp3) is 0.562. The number of nitrogens with zero attached hydrogens (tertiary/aromatic N) is 1. The predicted molar refractivity (Wildman–Crippen MR) is 80.1 cm³/mol. The van der Waals surface area contributed by atoms with Crippen molar-refractivity contribution in [1.82, 2.24) is 4.90 Å². The number of benzene rings is 1. The van der Waals surface area contributed by atoms with Gasteiger partial charge in [-0.15, -0.1) is 0 Å². The zero-order valence-corrected chi connectivity index (χ0v) is 12.4. The molecule has 2 N–H and O–H groups in total. The lowest BCUT2D eigenvalue weighted by Gasteiger charge is -2.29. The van der Waals surface area contributed by atoms with E-state index in [9.17, 15) is 4.79 Å². The van der Waals surface area contributed by atoms with Gasteiger partial charge in [0.1, 0.15) is 5.75 Å². The van der Waals surface area contributed by atoms with Crippen molar-refractivity contribution < 1.29 is 9.53 Å². The van der Waals surface area contributed by atoms with Crippen LogP contribution >= 0.6 is 0 Å². The van der Waals surface area contributed by atoms with Gasteiger partial charge >= 0.3 is 0 Å². The molecule has 0 aromatic heterocycles. The lowest BCUT2D eigenvalue weighted by Crippen LogP contribution is -2.42. The molecule has 110 valence electrons. The molecule has 0 bridgehead atoms. The second-order valence-corrected chi connectivity index (χ2v) is 5.43. The second kappa shape index (κ2) is 6.75. The number of nitrogens with two attached hydrogens (primary N) is 1. The molecule has 1 saturated carbocycles. The summed E-state index contributed by atoms with van der Waals surface area (Å²) in [6.07, 6.45) is 4.56. The fourth-order valence-electron chi connectivity index (χ4n) is 2.95. The first-order valence-corrected chi connectivity index (χ1v) is 7.33. The van der Waals surface area contributed by atoms with Crippen LogP contribution in [0, 0.1) is 6.92 Å². The number of carbonyl (C=O) groups excluding carboxylic acids is 1. The van der Waals surface area contributed by atoms with Gasteiger partial charge in [0.25, 0.3) is 5.91 Å². The van der Waals surface area contributed by atoms with Crippen LogP contribution in [0.3, 0.4) is 0 Å². The average Bonchev–Trinajstić information content (AvgIpc) is 2.98. The van der Waals surface area contributed by atoms with Crippen molar-refractivity contribution in [2.75, 3.05) is 20.2 Å². The Morgan fingerprint density at radius 2 is 2.10 bits per heavy atom. The highest BCUT2D eigenvalue weighted by atomic mass is 16.5. The smallest absolute Gasteiger partial charge is 0.257 e. The van der Waals surface area contributed by atoms with Crippen LogP contribution in [0.25, 0.3) is 0 Å². The van der Waals surface area contributed by atoms with Crippen LogP contribution in [0.15, 0.2) is 18.2 Å². The van der Waals surface area contributed by atoms with Gasteiger partial charge in [0.2, 0.25) is 0 Å². The lowest BCUT2D eigenvalue weighted by molar-refractivity contribution is 0.0684. The molecule has 1 aromatic rings. The summed E-state index contributed by atoms with van der Waals surface area (Å²) in [5, 5.41) is 0. The quantitative estimate of drug-likeness (QED) is 0.898. The Bertz CT molecular complexity index is 468. The zero-order valence-electron chi connectivity index (χ0n) is 12.4. The fourth-order valence-corrected chi connectivity index (χ4v) is 2.95. The molecule has 0 heterocycles. The van der Waals surface area contributed by atoms with Crippen molar-refractivity contribution in [2.24, 2.45) is 5.73 Å². The van der Waals surface area contributed by atoms with Crippen molar-refractivity contribution >= 4 is 5.91 Å². The first kappa shape index (κ1) is 14.9. The molecule has 1 aliphatic rings. The van der Waals surface area contributed by atoms with Crippen molar-refractivity contribution in [2.45, 2.75) is 38.6 Å². The van der Waals surface area contributed by atoms with Gasteiger partial charge < -0.3 is 15.4 Å². The molecule has 0 saturated heterocycles. The van der Waals surface area contributed by atoms with Crippen LogP contribution in [0.1, 0.15) is 41.6 Å². The van der Waals surface area contributed by atoms with E-state index in [2.05, 4.69) is 0 Å². The Hall–Kier alpha value is -1.55. The molecule has 0 unspecified atom stereocenters. The average molecular weight is 276 g/mol. The van der Waals surface area contributed by atoms with E-state index in [1.165, 1.54) is 12.8 Å². The van der Waals surface area contributed by atoms with E-state index in [1.807, 2.05) is 30.0 Å². The standard InChI is InChI=1S/C16H24N2O2/c1-12-7-8-15(20-2)14(11-12)16(19)18(10-9-17)13-5-3-4-6-13/h7-8,11,13H,3-6,9-10,17H2,1-2H3. The Balaban J connectivity index is 2.28. The Morgan fingerprint density at radius 3 is 2.70 bits per heavy atom. The van der Waals surface area contributed by atoms with Crippen LogP contribution in [0.2, 0.25) is 0 Å². The Kier molecular flexibility index (Phi) is 5.01.